The van der Waals surface area contributed by atoms with Crippen molar-refractivity contribution in [1.82, 2.24) is 30.2 Å². The van der Waals surface area contributed by atoms with Crippen LogP contribution in [0.25, 0.3) is 10.9 Å². The van der Waals surface area contributed by atoms with Gasteiger partial charge in [0.15, 0.2) is 0 Å². The number of nitrogens with one attached hydrogen (secondary N) is 1. The van der Waals surface area contributed by atoms with Crippen LogP contribution in [-0.4, -0.2) is 85.4 Å². The number of hydrogen-bond donors (Lipinski definition) is 3. The third-order valence-corrected chi connectivity index (χ3v) is 5.38. The van der Waals surface area contributed by atoms with Gasteiger partial charge in [-0.15, -0.1) is 5.10 Å². The molecule has 1 aliphatic heterocycles. The standard InChI is InChI=1S/C19H22N6O.2C2HF3O2/c1-20-12-16-13-25(23-22-16)17-6-9-24(10-7-17)19(26)15-4-5-18-14(11-15)3-2-8-21-18;2*3-2(4,5)1(6)7/h2-5,8,11,13,17,20H,6-7,9-10,12H2,1H3;2*(H,6,7). The summed E-state index contributed by atoms with van der Waals surface area (Å²) in [4.78, 5) is 36.9. The monoisotopic (exact) mass is 578 g/mol. The molecule has 17 heteroatoms. The minimum Gasteiger partial charge on any atom is -0.475 e. The van der Waals surface area contributed by atoms with Crippen LogP contribution in [0.15, 0.2) is 42.7 Å². The number of likely N-dealkylation sites (tertiary alicyclic amines) is 1. The molecule has 0 bridgehead atoms. The summed E-state index contributed by atoms with van der Waals surface area (Å²) in [5.41, 5.74) is 2.57. The van der Waals surface area contributed by atoms with E-state index >= 15 is 0 Å². The Hall–Kier alpha value is -4.28. The fourth-order valence-corrected chi connectivity index (χ4v) is 3.48. The van der Waals surface area contributed by atoms with Crippen molar-refractivity contribution in [1.29, 1.82) is 0 Å². The average molecular weight is 578 g/mol. The van der Waals surface area contributed by atoms with Crippen molar-refractivity contribution >= 4 is 28.7 Å². The van der Waals surface area contributed by atoms with Crippen molar-refractivity contribution in [3.8, 4) is 0 Å². The second-order valence-corrected chi connectivity index (χ2v) is 8.26. The van der Waals surface area contributed by atoms with Gasteiger partial charge < -0.3 is 20.4 Å². The van der Waals surface area contributed by atoms with E-state index in [1.54, 1.807) is 6.20 Å². The van der Waals surface area contributed by atoms with Gasteiger partial charge in [0.1, 0.15) is 0 Å². The summed E-state index contributed by atoms with van der Waals surface area (Å²) < 4.78 is 65.4. The van der Waals surface area contributed by atoms with Gasteiger partial charge in [-0.25, -0.2) is 14.3 Å². The molecule has 2 aromatic heterocycles. The molecule has 0 aliphatic carbocycles. The lowest BCUT2D eigenvalue weighted by Crippen LogP contribution is -2.39. The van der Waals surface area contributed by atoms with Crippen molar-refractivity contribution in [2.75, 3.05) is 20.1 Å². The lowest BCUT2D eigenvalue weighted by atomic mass is 10.0. The summed E-state index contributed by atoms with van der Waals surface area (Å²) in [6, 6.07) is 9.89. The normalized spacial score (nSPS) is 14.0. The maximum atomic E-state index is 12.8. The van der Waals surface area contributed by atoms with E-state index < -0.39 is 24.3 Å². The summed E-state index contributed by atoms with van der Waals surface area (Å²) >= 11 is 0. The zero-order chi connectivity index (χ0) is 30.1. The SMILES string of the molecule is CNCc1cn(C2CCN(C(=O)c3ccc4ncccc4c3)CC2)nn1.O=C(O)C(F)(F)F.O=C(O)C(F)(F)F. The molecule has 3 N–H and O–H groups in total. The highest BCUT2D eigenvalue weighted by Gasteiger charge is 2.38. The molecule has 1 aromatic carbocycles. The van der Waals surface area contributed by atoms with Crippen molar-refractivity contribution in [2.24, 2.45) is 0 Å². The quantitative estimate of drug-likeness (QED) is 0.396. The van der Waals surface area contributed by atoms with E-state index in [-0.39, 0.29) is 5.91 Å². The van der Waals surface area contributed by atoms with Crippen molar-refractivity contribution in [2.45, 2.75) is 37.8 Å². The molecule has 1 aliphatic rings. The number of carboxylic acids is 2. The van der Waals surface area contributed by atoms with E-state index in [9.17, 15) is 31.1 Å². The highest BCUT2D eigenvalue weighted by molar-refractivity contribution is 5.98. The maximum absolute atomic E-state index is 12.8. The lowest BCUT2D eigenvalue weighted by molar-refractivity contribution is -0.193. The van der Waals surface area contributed by atoms with Gasteiger partial charge in [-0.2, -0.15) is 26.3 Å². The number of amides is 1. The maximum Gasteiger partial charge on any atom is 0.490 e. The number of rotatable bonds is 4. The molecule has 3 heterocycles. The smallest absolute Gasteiger partial charge is 0.475 e. The Bertz CT molecular complexity index is 1280. The first-order valence-electron chi connectivity index (χ1n) is 11.4. The van der Waals surface area contributed by atoms with Crippen LogP contribution in [0.4, 0.5) is 26.3 Å². The molecule has 4 rings (SSSR count). The summed E-state index contributed by atoms with van der Waals surface area (Å²) in [6.07, 6.45) is -4.62. The molecule has 0 saturated carbocycles. The first kappa shape index (κ1) is 31.9. The van der Waals surface area contributed by atoms with Gasteiger partial charge in [0.2, 0.25) is 0 Å². The van der Waals surface area contributed by atoms with E-state index in [0.717, 1.165) is 48.1 Å². The van der Waals surface area contributed by atoms with E-state index in [1.165, 1.54) is 0 Å². The fourth-order valence-electron chi connectivity index (χ4n) is 3.48. The minimum absolute atomic E-state index is 0.0867. The zero-order valence-electron chi connectivity index (χ0n) is 20.8. The number of fused-ring (bicyclic) bond motifs is 1. The van der Waals surface area contributed by atoms with Crippen LogP contribution in [0.2, 0.25) is 0 Å². The van der Waals surface area contributed by atoms with Crippen LogP contribution in [0.1, 0.15) is 34.9 Å². The number of benzene rings is 1. The largest absolute Gasteiger partial charge is 0.490 e. The Morgan fingerprint density at radius 1 is 1.00 bits per heavy atom. The van der Waals surface area contributed by atoms with Crippen molar-refractivity contribution in [3.63, 3.8) is 0 Å². The van der Waals surface area contributed by atoms with Gasteiger partial charge in [0, 0.05) is 36.8 Å². The van der Waals surface area contributed by atoms with Crippen molar-refractivity contribution in [3.05, 3.63) is 54.0 Å². The van der Waals surface area contributed by atoms with E-state index in [1.807, 2.05) is 53.2 Å². The van der Waals surface area contributed by atoms with Gasteiger partial charge in [-0.1, -0.05) is 11.3 Å². The van der Waals surface area contributed by atoms with E-state index in [2.05, 4.69) is 20.6 Å². The van der Waals surface area contributed by atoms with Gasteiger partial charge in [-0.05, 0) is 44.2 Å². The number of piperidine rings is 1. The Morgan fingerprint density at radius 2 is 1.57 bits per heavy atom. The fraction of sp³-hybridized carbons (Fsp3) is 0.391. The summed E-state index contributed by atoms with van der Waals surface area (Å²) in [5.74, 6) is -5.43. The number of aromatic nitrogens is 4. The summed E-state index contributed by atoms with van der Waals surface area (Å²) in [6.45, 7) is 2.18. The number of pyridine rings is 1. The highest BCUT2D eigenvalue weighted by Crippen LogP contribution is 2.24. The van der Waals surface area contributed by atoms with Gasteiger partial charge in [-0.3, -0.25) is 9.78 Å². The molecule has 218 valence electrons. The predicted octanol–water partition coefficient (Wildman–Crippen LogP) is 3.29. The van der Waals surface area contributed by atoms with Gasteiger partial charge in [0.05, 0.1) is 23.4 Å². The number of carboxylic acid groups (broad SMARTS) is 2. The Morgan fingerprint density at radius 3 is 2.10 bits per heavy atom. The topological polar surface area (TPSA) is 151 Å². The molecule has 1 amide bonds. The van der Waals surface area contributed by atoms with Crippen LogP contribution in [0.3, 0.4) is 0 Å². The molecule has 1 fully saturated rings. The van der Waals surface area contributed by atoms with Gasteiger partial charge >= 0.3 is 24.3 Å². The zero-order valence-corrected chi connectivity index (χ0v) is 20.8. The molecule has 0 spiro atoms. The average Bonchev–Trinajstić information content (AvgIpc) is 3.36. The molecule has 11 nitrogen and oxygen atoms in total. The molecular weight excluding hydrogens is 554 g/mol. The molecule has 1 saturated heterocycles. The Labute approximate surface area is 222 Å². The highest BCUT2D eigenvalue weighted by atomic mass is 19.4. The molecule has 0 radical (unpaired) electrons. The Kier molecular flexibility index (Phi) is 10.9. The third kappa shape index (κ3) is 9.48. The van der Waals surface area contributed by atoms with Crippen LogP contribution in [0, 0.1) is 0 Å². The number of hydrogen-bond acceptors (Lipinski definition) is 7. The number of alkyl halides is 6. The minimum atomic E-state index is -5.08. The first-order valence-corrected chi connectivity index (χ1v) is 11.4. The van der Waals surface area contributed by atoms with Crippen LogP contribution >= 0.6 is 0 Å². The second kappa shape index (κ2) is 13.7. The third-order valence-electron chi connectivity index (χ3n) is 5.38. The molecule has 3 aromatic rings. The molecule has 0 atom stereocenters. The van der Waals surface area contributed by atoms with E-state index in [0.29, 0.717) is 12.6 Å². The van der Waals surface area contributed by atoms with Crippen molar-refractivity contribution < 1.29 is 50.9 Å². The number of nitrogens with zero attached hydrogens (tertiary/aromatic N) is 5. The van der Waals surface area contributed by atoms with Crippen LogP contribution < -0.4 is 5.32 Å². The second-order valence-electron chi connectivity index (χ2n) is 8.26. The lowest BCUT2D eigenvalue weighted by Gasteiger charge is -2.32. The first-order chi connectivity index (χ1) is 18.6. The summed E-state index contributed by atoms with van der Waals surface area (Å²) in [7, 11) is 1.89. The van der Waals surface area contributed by atoms with Crippen LogP contribution in [0.5, 0.6) is 0 Å². The molecular formula is C23H24F6N6O5. The van der Waals surface area contributed by atoms with Crippen LogP contribution in [-0.2, 0) is 16.1 Å². The van der Waals surface area contributed by atoms with E-state index in [4.69, 9.17) is 19.8 Å². The number of halogens is 6. The number of carbonyl (C=O) groups excluding carboxylic acids is 1. The molecule has 40 heavy (non-hydrogen) atoms. The molecule has 0 unspecified atom stereocenters. The van der Waals surface area contributed by atoms with Gasteiger partial charge in [0.25, 0.3) is 5.91 Å². The summed E-state index contributed by atoms with van der Waals surface area (Å²) in [5, 5.41) is 26.7. The number of aliphatic carboxylic acids is 2. The number of carbonyl (C=O) groups is 3. The predicted molar refractivity (Wildman–Crippen MR) is 126 cm³/mol. The Balaban J connectivity index is 0.000000333.